The van der Waals surface area contributed by atoms with Crippen molar-refractivity contribution in [2.24, 2.45) is 10.4 Å². The number of nitrogens with one attached hydrogen (secondary N) is 2. The Balaban J connectivity index is 2.68. The first kappa shape index (κ1) is 18.5. The summed E-state index contributed by atoms with van der Waals surface area (Å²) in [5.41, 5.74) is 2.61. The van der Waals surface area contributed by atoms with Gasteiger partial charge in [-0.25, -0.2) is 4.99 Å². The van der Waals surface area contributed by atoms with Crippen molar-refractivity contribution in [3.63, 3.8) is 0 Å². The Kier molecular flexibility index (Phi) is 7.39. The fourth-order valence-electron chi connectivity index (χ4n) is 2.23. The van der Waals surface area contributed by atoms with E-state index >= 15 is 0 Å². The average molecular weight is 305 g/mol. The van der Waals surface area contributed by atoms with Crippen LogP contribution in [0.15, 0.2) is 29.3 Å². The third-order valence-corrected chi connectivity index (χ3v) is 3.72. The minimum Gasteiger partial charge on any atom is -0.379 e. The van der Waals surface area contributed by atoms with Crippen molar-refractivity contribution < 1.29 is 4.74 Å². The van der Waals surface area contributed by atoms with Crippen LogP contribution in [0.5, 0.6) is 0 Å². The fraction of sp³-hybridized carbons (Fsp3) is 0.611. The Hall–Kier alpha value is -1.55. The van der Waals surface area contributed by atoms with Crippen molar-refractivity contribution >= 4 is 5.96 Å². The van der Waals surface area contributed by atoms with Gasteiger partial charge < -0.3 is 15.4 Å². The van der Waals surface area contributed by atoms with Crippen LogP contribution in [0.4, 0.5) is 0 Å². The summed E-state index contributed by atoms with van der Waals surface area (Å²) in [6.45, 7) is 13.0. The molecule has 4 nitrogen and oxygen atoms in total. The number of aryl methyl sites for hydroxylation is 1. The number of aliphatic imine (C=N–C) groups is 1. The number of rotatable bonds is 6. The molecule has 0 aliphatic heterocycles. The van der Waals surface area contributed by atoms with E-state index in [2.05, 4.69) is 74.5 Å². The number of methoxy groups -OCH3 is 1. The molecule has 2 N–H and O–H groups in total. The van der Waals surface area contributed by atoms with E-state index in [4.69, 9.17) is 4.74 Å². The zero-order valence-electron chi connectivity index (χ0n) is 14.9. The molecule has 22 heavy (non-hydrogen) atoms. The lowest BCUT2D eigenvalue weighted by atomic mass is 9.89. The first-order valence-corrected chi connectivity index (χ1v) is 7.98. The van der Waals surface area contributed by atoms with Gasteiger partial charge in [0.15, 0.2) is 5.96 Å². The molecule has 1 aromatic rings. The maximum atomic E-state index is 5.58. The van der Waals surface area contributed by atoms with Crippen LogP contribution in [0.2, 0.25) is 0 Å². The first-order valence-electron chi connectivity index (χ1n) is 7.98. The van der Waals surface area contributed by atoms with Gasteiger partial charge in [0.2, 0.25) is 0 Å². The Morgan fingerprint density at radius 3 is 2.45 bits per heavy atom. The SMILES string of the molecule is CCNC(=NCc1ccccc1C)NCC(OC)C(C)(C)C. The number of benzene rings is 1. The fourth-order valence-corrected chi connectivity index (χ4v) is 2.23. The van der Waals surface area contributed by atoms with E-state index in [1.54, 1.807) is 7.11 Å². The van der Waals surface area contributed by atoms with Crippen molar-refractivity contribution in [2.75, 3.05) is 20.2 Å². The lowest BCUT2D eigenvalue weighted by Gasteiger charge is -2.30. The number of nitrogens with zero attached hydrogens (tertiary/aromatic N) is 1. The van der Waals surface area contributed by atoms with Crippen LogP contribution in [-0.4, -0.2) is 32.3 Å². The molecule has 0 radical (unpaired) electrons. The zero-order valence-corrected chi connectivity index (χ0v) is 14.9. The summed E-state index contributed by atoms with van der Waals surface area (Å²) in [4.78, 5) is 4.67. The summed E-state index contributed by atoms with van der Waals surface area (Å²) in [7, 11) is 1.76. The molecular weight excluding hydrogens is 274 g/mol. The highest BCUT2D eigenvalue weighted by Crippen LogP contribution is 2.20. The van der Waals surface area contributed by atoms with E-state index in [-0.39, 0.29) is 11.5 Å². The molecule has 0 saturated carbocycles. The van der Waals surface area contributed by atoms with E-state index in [1.807, 2.05) is 0 Å². The molecule has 4 heteroatoms. The van der Waals surface area contributed by atoms with E-state index in [0.29, 0.717) is 6.54 Å². The summed E-state index contributed by atoms with van der Waals surface area (Å²) >= 11 is 0. The van der Waals surface area contributed by atoms with Gasteiger partial charge in [-0.2, -0.15) is 0 Å². The highest BCUT2D eigenvalue weighted by molar-refractivity contribution is 5.79. The van der Waals surface area contributed by atoms with Gasteiger partial charge in [0.05, 0.1) is 12.6 Å². The molecule has 0 aromatic heterocycles. The Labute approximate surface area is 135 Å². The second-order valence-electron chi connectivity index (χ2n) is 6.59. The van der Waals surface area contributed by atoms with Crippen molar-refractivity contribution in [1.82, 2.24) is 10.6 Å². The number of hydrogen-bond acceptors (Lipinski definition) is 2. The van der Waals surface area contributed by atoms with E-state index < -0.39 is 0 Å². The van der Waals surface area contributed by atoms with Crippen molar-refractivity contribution in [1.29, 1.82) is 0 Å². The number of hydrogen-bond donors (Lipinski definition) is 2. The zero-order chi connectivity index (χ0) is 16.6. The topological polar surface area (TPSA) is 45.7 Å². The van der Waals surface area contributed by atoms with Gasteiger partial charge in [0.1, 0.15) is 0 Å². The highest BCUT2D eigenvalue weighted by atomic mass is 16.5. The monoisotopic (exact) mass is 305 g/mol. The minimum absolute atomic E-state index is 0.0924. The maximum absolute atomic E-state index is 5.58. The molecule has 1 rings (SSSR count). The normalized spacial score (nSPS) is 13.8. The van der Waals surface area contributed by atoms with E-state index in [9.17, 15) is 0 Å². The molecule has 124 valence electrons. The van der Waals surface area contributed by atoms with Gasteiger partial charge >= 0.3 is 0 Å². The van der Waals surface area contributed by atoms with Crippen LogP contribution in [-0.2, 0) is 11.3 Å². The summed E-state index contributed by atoms with van der Waals surface area (Å²) in [6.07, 6.45) is 0.134. The van der Waals surface area contributed by atoms with Crippen molar-refractivity contribution in [3.8, 4) is 0 Å². The maximum Gasteiger partial charge on any atom is 0.191 e. The summed E-state index contributed by atoms with van der Waals surface area (Å²) in [5.74, 6) is 0.831. The molecule has 1 aromatic carbocycles. The van der Waals surface area contributed by atoms with Crippen LogP contribution < -0.4 is 10.6 Å². The molecule has 0 spiro atoms. The van der Waals surface area contributed by atoms with Crippen LogP contribution in [0.3, 0.4) is 0 Å². The third-order valence-electron chi connectivity index (χ3n) is 3.72. The van der Waals surface area contributed by atoms with Gasteiger partial charge in [-0.3, -0.25) is 0 Å². The lowest BCUT2D eigenvalue weighted by Crippen LogP contribution is -2.45. The smallest absolute Gasteiger partial charge is 0.191 e. The van der Waals surface area contributed by atoms with Crippen LogP contribution in [0.25, 0.3) is 0 Å². The second kappa shape index (κ2) is 8.79. The molecule has 0 aliphatic rings. The molecule has 0 saturated heterocycles. The summed E-state index contributed by atoms with van der Waals surface area (Å²) < 4.78 is 5.58. The molecule has 0 fully saturated rings. The van der Waals surface area contributed by atoms with Crippen molar-refractivity contribution in [2.45, 2.75) is 47.3 Å². The summed E-state index contributed by atoms with van der Waals surface area (Å²) in [6, 6.07) is 8.35. The summed E-state index contributed by atoms with van der Waals surface area (Å²) in [5, 5.41) is 6.67. The van der Waals surface area contributed by atoms with Crippen molar-refractivity contribution in [3.05, 3.63) is 35.4 Å². The largest absolute Gasteiger partial charge is 0.379 e. The molecule has 1 atom stereocenters. The predicted octanol–water partition coefficient (Wildman–Crippen LogP) is 3.11. The quantitative estimate of drug-likeness (QED) is 0.627. The standard InChI is InChI=1S/C18H31N3O/c1-7-19-17(21-13-16(22-6)18(3,4)5)20-12-15-11-9-8-10-14(15)2/h8-11,16H,7,12-13H2,1-6H3,(H2,19,20,21). The molecule has 1 unspecified atom stereocenters. The molecule has 0 aliphatic carbocycles. The Bertz CT molecular complexity index is 477. The predicted molar refractivity (Wildman–Crippen MR) is 94.2 cm³/mol. The van der Waals surface area contributed by atoms with E-state index in [1.165, 1.54) is 11.1 Å². The van der Waals surface area contributed by atoms with Gasteiger partial charge in [-0.05, 0) is 30.4 Å². The lowest BCUT2D eigenvalue weighted by molar-refractivity contribution is 0.0205. The third kappa shape index (κ3) is 6.06. The van der Waals surface area contributed by atoms with Gasteiger partial charge in [-0.1, -0.05) is 45.0 Å². The number of guanidine groups is 1. The second-order valence-corrected chi connectivity index (χ2v) is 6.59. The average Bonchev–Trinajstić information content (AvgIpc) is 2.45. The van der Waals surface area contributed by atoms with Gasteiger partial charge in [-0.15, -0.1) is 0 Å². The van der Waals surface area contributed by atoms with E-state index in [0.717, 1.165) is 19.0 Å². The molecule has 0 bridgehead atoms. The first-order chi connectivity index (χ1) is 10.4. The molecule has 0 amide bonds. The molecular formula is C18H31N3O. The minimum atomic E-state index is 0.0924. The Morgan fingerprint density at radius 1 is 1.23 bits per heavy atom. The molecule has 0 heterocycles. The van der Waals surface area contributed by atoms with Crippen LogP contribution >= 0.6 is 0 Å². The number of ether oxygens (including phenoxy) is 1. The van der Waals surface area contributed by atoms with Crippen LogP contribution in [0, 0.1) is 12.3 Å². The highest BCUT2D eigenvalue weighted by Gasteiger charge is 2.24. The van der Waals surface area contributed by atoms with Gasteiger partial charge in [0, 0.05) is 20.2 Å². The van der Waals surface area contributed by atoms with Gasteiger partial charge in [0.25, 0.3) is 0 Å². The Morgan fingerprint density at radius 2 is 1.91 bits per heavy atom. The van der Waals surface area contributed by atoms with Crippen LogP contribution in [0.1, 0.15) is 38.8 Å².